The van der Waals surface area contributed by atoms with Gasteiger partial charge in [-0.3, -0.25) is 4.57 Å². The van der Waals surface area contributed by atoms with Crippen LogP contribution in [-0.2, 0) is 6.42 Å². The van der Waals surface area contributed by atoms with Crippen molar-refractivity contribution in [2.24, 2.45) is 0 Å². The largest absolute Gasteiger partial charge is 0.293 e. The van der Waals surface area contributed by atoms with E-state index in [0.717, 1.165) is 45.7 Å². The van der Waals surface area contributed by atoms with Gasteiger partial charge in [0.25, 0.3) is 0 Å². The van der Waals surface area contributed by atoms with Crippen LogP contribution in [0.3, 0.4) is 0 Å². The molecule has 12 aromatic rings. The zero-order valence-corrected chi connectivity index (χ0v) is 32.4. The van der Waals surface area contributed by atoms with Crippen molar-refractivity contribution in [3.63, 3.8) is 0 Å². The SMILES string of the molecule is Cc1c(-c2cccc3c2Cc2ccccc2-3)nc(-c2ccc3ccccc3c2)nc1-n1c2ccc3ccccc3c2c2c3c4ccccc4c4ccccc4c3ccc21. The Morgan fingerprint density at radius 2 is 1.02 bits per heavy atom. The van der Waals surface area contributed by atoms with Gasteiger partial charge in [0.15, 0.2) is 5.82 Å². The molecule has 0 atom stereocenters. The van der Waals surface area contributed by atoms with E-state index in [-0.39, 0.29) is 0 Å². The fourth-order valence-corrected chi connectivity index (χ4v) is 10.3. The summed E-state index contributed by atoms with van der Waals surface area (Å²) in [4.78, 5) is 11.2. The molecule has 3 heteroatoms. The molecule has 1 aliphatic carbocycles. The molecule has 0 aliphatic heterocycles. The lowest BCUT2D eigenvalue weighted by atomic mass is 9.91. The van der Waals surface area contributed by atoms with Crippen LogP contribution in [0.25, 0.3) is 115 Å². The molecule has 3 nitrogen and oxygen atoms in total. The van der Waals surface area contributed by atoms with E-state index in [9.17, 15) is 0 Å². The Morgan fingerprint density at radius 1 is 0.424 bits per heavy atom. The van der Waals surface area contributed by atoms with E-state index in [1.807, 2.05) is 0 Å². The maximum absolute atomic E-state index is 5.64. The van der Waals surface area contributed by atoms with Gasteiger partial charge in [-0.25, -0.2) is 9.97 Å². The molecule has 0 N–H and O–H groups in total. The molecule has 59 heavy (non-hydrogen) atoms. The summed E-state index contributed by atoms with van der Waals surface area (Å²) in [6.07, 6.45) is 0.875. The summed E-state index contributed by atoms with van der Waals surface area (Å²) >= 11 is 0. The summed E-state index contributed by atoms with van der Waals surface area (Å²) in [5.41, 5.74) is 11.7. The number of hydrogen-bond donors (Lipinski definition) is 0. The predicted molar refractivity (Wildman–Crippen MR) is 248 cm³/mol. The van der Waals surface area contributed by atoms with Gasteiger partial charge in [-0.1, -0.05) is 164 Å². The number of fused-ring (bicyclic) bond motifs is 16. The second kappa shape index (κ2) is 12.2. The third kappa shape index (κ3) is 4.58. The quantitative estimate of drug-likeness (QED) is 0.168. The molecule has 274 valence electrons. The molecule has 2 aromatic heterocycles. The van der Waals surface area contributed by atoms with Gasteiger partial charge in [0.2, 0.25) is 0 Å². The van der Waals surface area contributed by atoms with Crippen LogP contribution >= 0.6 is 0 Å². The molecule has 1 aliphatic rings. The highest BCUT2D eigenvalue weighted by molar-refractivity contribution is 6.37. The van der Waals surface area contributed by atoms with Gasteiger partial charge < -0.3 is 0 Å². The lowest BCUT2D eigenvalue weighted by Gasteiger charge is -2.18. The number of benzene rings is 10. The van der Waals surface area contributed by atoms with Crippen molar-refractivity contribution in [1.82, 2.24) is 14.5 Å². The Hall–Kier alpha value is -7.62. The Labute approximate surface area is 340 Å². The topological polar surface area (TPSA) is 30.7 Å². The van der Waals surface area contributed by atoms with E-state index in [0.29, 0.717) is 5.82 Å². The first-order valence-corrected chi connectivity index (χ1v) is 20.5. The summed E-state index contributed by atoms with van der Waals surface area (Å²) in [5.74, 6) is 1.61. The molecule has 0 spiro atoms. The number of hydrogen-bond acceptors (Lipinski definition) is 2. The number of nitrogens with zero attached hydrogens (tertiary/aromatic N) is 3. The summed E-state index contributed by atoms with van der Waals surface area (Å²) in [7, 11) is 0. The highest BCUT2D eigenvalue weighted by Crippen LogP contribution is 2.47. The van der Waals surface area contributed by atoms with Crippen LogP contribution < -0.4 is 0 Å². The second-order valence-corrected chi connectivity index (χ2v) is 16.1. The van der Waals surface area contributed by atoms with Gasteiger partial charge >= 0.3 is 0 Å². The minimum atomic E-state index is 0.715. The Balaban J connectivity index is 1.20. The molecular formula is C56H35N3. The lowest BCUT2D eigenvalue weighted by molar-refractivity contribution is 1.02. The maximum Gasteiger partial charge on any atom is 0.162 e. The van der Waals surface area contributed by atoms with Crippen LogP contribution in [-0.4, -0.2) is 14.5 Å². The molecule has 0 amide bonds. The fraction of sp³-hybridized carbons (Fsp3) is 0.0357. The summed E-state index contributed by atoms with van der Waals surface area (Å²) in [6.45, 7) is 2.22. The van der Waals surface area contributed by atoms with E-state index >= 15 is 0 Å². The molecule has 0 fully saturated rings. The molecule has 0 saturated carbocycles. The fourth-order valence-electron chi connectivity index (χ4n) is 10.3. The standard InChI is InChI=1S/C56H35N3/c1-33-54(47-24-12-23-41-39-17-6-5-16-37(39)32-48(41)47)57-55(38-26-25-34-13-2-3-15-36(34)31-38)58-56(33)59-49-29-27-35-14-4-7-18-40(35)52(49)53-50(59)30-28-46-44-21-9-8-19-42(44)43-20-10-11-22-45(43)51(46)53/h2-31H,32H2,1H3. The number of aromatic nitrogens is 3. The van der Waals surface area contributed by atoms with Crippen LogP contribution in [0.1, 0.15) is 16.7 Å². The van der Waals surface area contributed by atoms with Gasteiger partial charge in [-0.15, -0.1) is 0 Å². The first kappa shape index (κ1) is 32.5. The van der Waals surface area contributed by atoms with E-state index in [1.165, 1.54) is 86.9 Å². The van der Waals surface area contributed by atoms with Crippen molar-refractivity contribution in [3.8, 4) is 39.6 Å². The van der Waals surface area contributed by atoms with Gasteiger partial charge in [-0.2, -0.15) is 0 Å². The Kier molecular flexibility index (Phi) is 6.71. The molecule has 2 heterocycles. The third-order valence-electron chi connectivity index (χ3n) is 13.0. The summed E-state index contributed by atoms with van der Waals surface area (Å²) in [5, 5.41) is 14.9. The average molecular weight is 750 g/mol. The van der Waals surface area contributed by atoms with Crippen molar-refractivity contribution in [1.29, 1.82) is 0 Å². The third-order valence-corrected chi connectivity index (χ3v) is 13.0. The monoisotopic (exact) mass is 749 g/mol. The van der Waals surface area contributed by atoms with Crippen LogP contribution in [0.5, 0.6) is 0 Å². The minimum Gasteiger partial charge on any atom is -0.293 e. The highest BCUT2D eigenvalue weighted by atomic mass is 15.1. The molecule has 0 bridgehead atoms. The zero-order chi connectivity index (χ0) is 38.8. The molecule has 13 rings (SSSR count). The zero-order valence-electron chi connectivity index (χ0n) is 32.4. The van der Waals surface area contributed by atoms with Gasteiger partial charge in [0.05, 0.1) is 16.7 Å². The minimum absolute atomic E-state index is 0.715. The van der Waals surface area contributed by atoms with Gasteiger partial charge in [-0.05, 0) is 102 Å². The molecule has 0 unspecified atom stereocenters. The van der Waals surface area contributed by atoms with Crippen molar-refractivity contribution >= 4 is 75.7 Å². The lowest BCUT2D eigenvalue weighted by Crippen LogP contribution is -2.07. The smallest absolute Gasteiger partial charge is 0.162 e. The van der Waals surface area contributed by atoms with Crippen LogP contribution in [0.15, 0.2) is 182 Å². The van der Waals surface area contributed by atoms with Crippen molar-refractivity contribution < 1.29 is 0 Å². The van der Waals surface area contributed by atoms with E-state index in [4.69, 9.17) is 9.97 Å². The predicted octanol–water partition coefficient (Wildman–Crippen LogP) is 14.6. The van der Waals surface area contributed by atoms with Crippen LogP contribution in [0.2, 0.25) is 0 Å². The van der Waals surface area contributed by atoms with E-state index < -0.39 is 0 Å². The van der Waals surface area contributed by atoms with Crippen molar-refractivity contribution in [2.75, 3.05) is 0 Å². The Morgan fingerprint density at radius 3 is 1.85 bits per heavy atom. The average Bonchev–Trinajstić information content (AvgIpc) is 3.85. The first-order chi connectivity index (χ1) is 29.2. The van der Waals surface area contributed by atoms with Crippen LogP contribution in [0.4, 0.5) is 0 Å². The van der Waals surface area contributed by atoms with Gasteiger partial charge in [0.1, 0.15) is 5.82 Å². The Bertz CT molecular complexity index is 3740. The number of rotatable bonds is 3. The molecular weight excluding hydrogens is 715 g/mol. The van der Waals surface area contributed by atoms with E-state index in [1.54, 1.807) is 0 Å². The summed E-state index contributed by atoms with van der Waals surface area (Å²) in [6, 6.07) is 66.5. The molecule has 0 saturated heterocycles. The second-order valence-electron chi connectivity index (χ2n) is 16.1. The van der Waals surface area contributed by atoms with E-state index in [2.05, 4.69) is 193 Å². The highest BCUT2D eigenvalue weighted by Gasteiger charge is 2.27. The normalized spacial score (nSPS) is 12.4. The summed E-state index contributed by atoms with van der Waals surface area (Å²) < 4.78 is 2.43. The molecule has 0 radical (unpaired) electrons. The molecule has 10 aromatic carbocycles. The van der Waals surface area contributed by atoms with Crippen LogP contribution in [0, 0.1) is 6.92 Å². The van der Waals surface area contributed by atoms with Gasteiger partial charge in [0, 0.05) is 32.8 Å². The van der Waals surface area contributed by atoms with Crippen molar-refractivity contribution in [3.05, 3.63) is 199 Å². The van der Waals surface area contributed by atoms with Crippen molar-refractivity contribution in [2.45, 2.75) is 13.3 Å². The first-order valence-electron chi connectivity index (χ1n) is 20.5. The maximum atomic E-state index is 5.64.